The maximum absolute atomic E-state index is 10.7. The number of rotatable bonds is 7. The second-order valence-electron chi connectivity index (χ2n) is 7.99. The van der Waals surface area contributed by atoms with Gasteiger partial charge in [0.2, 0.25) is 0 Å². The summed E-state index contributed by atoms with van der Waals surface area (Å²) in [5.41, 5.74) is 3.65. The second kappa shape index (κ2) is 8.72. The minimum atomic E-state index is -0.912. The van der Waals surface area contributed by atoms with Gasteiger partial charge in [0.05, 0.1) is 0 Å². The lowest BCUT2D eigenvalue weighted by Crippen LogP contribution is -2.43. The van der Waals surface area contributed by atoms with E-state index in [1.165, 1.54) is 36.5 Å². The van der Waals surface area contributed by atoms with Crippen molar-refractivity contribution in [1.82, 2.24) is 10.2 Å². The van der Waals surface area contributed by atoms with Crippen LogP contribution in [0.4, 0.5) is 0 Å². The zero-order valence-corrected chi connectivity index (χ0v) is 16.1. The number of aliphatic carboxylic acids is 1. The summed E-state index contributed by atoms with van der Waals surface area (Å²) < 4.78 is 0. The van der Waals surface area contributed by atoms with Gasteiger partial charge in [0.15, 0.2) is 0 Å². The highest BCUT2D eigenvalue weighted by atomic mass is 16.4. The minimum Gasteiger partial charge on any atom is -0.478 e. The van der Waals surface area contributed by atoms with E-state index in [-0.39, 0.29) is 0 Å². The summed E-state index contributed by atoms with van der Waals surface area (Å²) in [6.07, 6.45) is 6.49. The molecule has 1 saturated heterocycles. The monoisotopic (exact) mass is 376 g/mol. The minimum absolute atomic E-state index is 0.625. The Morgan fingerprint density at radius 1 is 1.11 bits per heavy atom. The Kier molecular flexibility index (Phi) is 5.89. The van der Waals surface area contributed by atoms with Gasteiger partial charge in [-0.3, -0.25) is 4.90 Å². The highest BCUT2D eigenvalue weighted by molar-refractivity contribution is 5.85. The molecule has 0 bridgehead atoms. The summed E-state index contributed by atoms with van der Waals surface area (Å²) in [6.45, 7) is 3.14. The van der Waals surface area contributed by atoms with E-state index in [1.54, 1.807) is 6.08 Å². The number of hydrogen-bond donors (Lipinski definition) is 2. The van der Waals surface area contributed by atoms with Gasteiger partial charge in [-0.15, -0.1) is 0 Å². The van der Waals surface area contributed by atoms with Crippen LogP contribution in [-0.2, 0) is 11.3 Å². The normalized spacial score (nSPS) is 23.1. The summed E-state index contributed by atoms with van der Waals surface area (Å²) in [5.74, 6) is -0.217. The number of likely N-dealkylation sites (tertiary alicyclic amines) is 1. The maximum Gasteiger partial charge on any atom is 0.328 e. The summed E-state index contributed by atoms with van der Waals surface area (Å²) in [4.78, 5) is 13.2. The zero-order valence-electron chi connectivity index (χ0n) is 16.1. The van der Waals surface area contributed by atoms with Crippen molar-refractivity contribution in [3.8, 4) is 0 Å². The van der Waals surface area contributed by atoms with Crippen LogP contribution in [0.1, 0.15) is 41.9 Å². The molecule has 2 aromatic carbocycles. The van der Waals surface area contributed by atoms with Crippen molar-refractivity contribution in [1.29, 1.82) is 0 Å². The smallest absolute Gasteiger partial charge is 0.328 e. The second-order valence-corrected chi connectivity index (χ2v) is 7.99. The van der Waals surface area contributed by atoms with E-state index in [0.717, 1.165) is 25.2 Å². The van der Waals surface area contributed by atoms with Crippen LogP contribution in [-0.4, -0.2) is 41.1 Å². The molecule has 2 unspecified atom stereocenters. The van der Waals surface area contributed by atoms with Gasteiger partial charge in [-0.1, -0.05) is 54.6 Å². The van der Waals surface area contributed by atoms with Gasteiger partial charge in [-0.05, 0) is 55.1 Å². The first kappa shape index (κ1) is 18.9. The quantitative estimate of drug-likeness (QED) is 0.720. The lowest BCUT2D eigenvalue weighted by molar-refractivity contribution is -0.131. The van der Waals surface area contributed by atoms with Crippen molar-refractivity contribution >= 4 is 12.0 Å². The van der Waals surface area contributed by atoms with Gasteiger partial charge in [0.1, 0.15) is 0 Å². The number of benzene rings is 2. The fraction of sp³-hybridized carbons (Fsp3) is 0.375. The van der Waals surface area contributed by atoms with Crippen molar-refractivity contribution in [3.63, 3.8) is 0 Å². The van der Waals surface area contributed by atoms with Crippen LogP contribution in [0.25, 0.3) is 6.08 Å². The number of carboxylic acids is 1. The fourth-order valence-corrected chi connectivity index (χ4v) is 4.23. The summed E-state index contributed by atoms with van der Waals surface area (Å²) >= 11 is 0. The van der Waals surface area contributed by atoms with Crippen molar-refractivity contribution in [2.45, 2.75) is 43.8 Å². The van der Waals surface area contributed by atoms with Crippen LogP contribution in [0.5, 0.6) is 0 Å². The van der Waals surface area contributed by atoms with Crippen molar-refractivity contribution in [2.75, 3.05) is 13.1 Å². The van der Waals surface area contributed by atoms with Gasteiger partial charge < -0.3 is 10.4 Å². The molecule has 0 aromatic heterocycles. The van der Waals surface area contributed by atoms with Crippen LogP contribution in [0.2, 0.25) is 0 Å². The predicted octanol–water partition coefficient (Wildman–Crippen LogP) is 3.89. The Morgan fingerprint density at radius 2 is 1.89 bits per heavy atom. The molecule has 4 rings (SSSR count). The number of hydrogen-bond acceptors (Lipinski definition) is 3. The first-order valence-corrected chi connectivity index (χ1v) is 10.2. The average molecular weight is 377 g/mol. The standard InChI is InChI=1S/C24H28N2O2/c27-24(28)10-9-18-5-4-6-19(15-18)17-26-13-11-21(12-14-26)25-23-16-22(23)20-7-2-1-3-8-20/h1-10,15,21-23,25H,11-14,16-17H2,(H,27,28). The third-order valence-corrected chi connectivity index (χ3v) is 5.83. The molecule has 0 radical (unpaired) electrons. The molecule has 2 fully saturated rings. The first-order chi connectivity index (χ1) is 13.7. The molecular weight excluding hydrogens is 348 g/mol. The number of nitrogens with zero attached hydrogens (tertiary/aromatic N) is 1. The van der Waals surface area contributed by atoms with E-state index in [9.17, 15) is 4.79 Å². The van der Waals surface area contributed by atoms with Crippen LogP contribution in [0.3, 0.4) is 0 Å². The van der Waals surface area contributed by atoms with E-state index in [4.69, 9.17) is 5.11 Å². The molecule has 0 spiro atoms. The predicted molar refractivity (Wildman–Crippen MR) is 112 cm³/mol. The van der Waals surface area contributed by atoms with E-state index in [2.05, 4.69) is 52.7 Å². The molecule has 4 nitrogen and oxygen atoms in total. The summed E-state index contributed by atoms with van der Waals surface area (Å²) in [7, 11) is 0. The highest BCUT2D eigenvalue weighted by Crippen LogP contribution is 2.41. The average Bonchev–Trinajstić information content (AvgIpc) is 3.48. The lowest BCUT2D eigenvalue weighted by atomic mass is 10.0. The Labute approximate surface area is 166 Å². The van der Waals surface area contributed by atoms with E-state index in [0.29, 0.717) is 18.0 Å². The van der Waals surface area contributed by atoms with Crippen LogP contribution < -0.4 is 5.32 Å². The maximum atomic E-state index is 10.7. The van der Waals surface area contributed by atoms with Crippen molar-refractivity contribution in [2.24, 2.45) is 0 Å². The zero-order chi connectivity index (χ0) is 19.3. The van der Waals surface area contributed by atoms with Crippen LogP contribution in [0, 0.1) is 0 Å². The van der Waals surface area contributed by atoms with E-state index in [1.807, 2.05) is 12.1 Å². The summed E-state index contributed by atoms with van der Waals surface area (Å²) in [5, 5.41) is 12.6. The molecule has 2 aromatic rings. The molecule has 146 valence electrons. The molecule has 1 saturated carbocycles. The third-order valence-electron chi connectivity index (χ3n) is 5.83. The molecule has 2 aliphatic rings. The molecule has 4 heteroatoms. The van der Waals surface area contributed by atoms with E-state index >= 15 is 0 Å². The molecule has 1 heterocycles. The Hall–Kier alpha value is -2.43. The fourth-order valence-electron chi connectivity index (χ4n) is 4.23. The summed E-state index contributed by atoms with van der Waals surface area (Å²) in [6, 6.07) is 20.3. The van der Waals surface area contributed by atoms with Crippen molar-refractivity contribution in [3.05, 3.63) is 77.4 Å². The third kappa shape index (κ3) is 5.09. The Balaban J connectivity index is 1.23. The van der Waals surface area contributed by atoms with Crippen LogP contribution in [0.15, 0.2) is 60.7 Å². The molecule has 2 N–H and O–H groups in total. The van der Waals surface area contributed by atoms with Gasteiger partial charge >= 0.3 is 5.97 Å². The van der Waals surface area contributed by atoms with Gasteiger partial charge in [0, 0.05) is 30.6 Å². The van der Waals surface area contributed by atoms with Gasteiger partial charge in [-0.25, -0.2) is 4.79 Å². The molecular formula is C24H28N2O2. The molecule has 0 amide bonds. The highest BCUT2D eigenvalue weighted by Gasteiger charge is 2.39. The van der Waals surface area contributed by atoms with Gasteiger partial charge in [-0.2, -0.15) is 0 Å². The number of carboxylic acid groups (broad SMARTS) is 1. The molecule has 2 atom stereocenters. The first-order valence-electron chi connectivity index (χ1n) is 10.2. The Bertz CT molecular complexity index is 826. The van der Waals surface area contributed by atoms with Crippen LogP contribution >= 0.6 is 0 Å². The molecule has 28 heavy (non-hydrogen) atoms. The SMILES string of the molecule is O=C(O)C=Cc1cccc(CN2CCC(NC3CC3c3ccccc3)CC2)c1. The van der Waals surface area contributed by atoms with E-state index < -0.39 is 5.97 Å². The topological polar surface area (TPSA) is 52.6 Å². The number of carbonyl (C=O) groups is 1. The van der Waals surface area contributed by atoms with Crippen molar-refractivity contribution < 1.29 is 9.90 Å². The number of piperidine rings is 1. The lowest BCUT2D eigenvalue weighted by Gasteiger charge is -2.32. The van der Waals surface area contributed by atoms with Gasteiger partial charge in [0.25, 0.3) is 0 Å². The largest absolute Gasteiger partial charge is 0.478 e. The molecule has 1 aliphatic heterocycles. The molecule has 1 aliphatic carbocycles. The Morgan fingerprint density at radius 3 is 2.64 bits per heavy atom. The number of nitrogens with one attached hydrogen (secondary N) is 1.